The normalized spacial score (nSPS) is 38.8. The molecule has 4 atom stereocenters. The van der Waals surface area contributed by atoms with E-state index in [0.29, 0.717) is 22.1 Å². The summed E-state index contributed by atoms with van der Waals surface area (Å²) in [6.45, 7) is 9.11. The largest absolute Gasteiger partial charge is 0.241 e. The van der Waals surface area contributed by atoms with E-state index >= 15 is 0 Å². The Labute approximate surface area is 159 Å². The molecule has 0 amide bonds. The molecule has 3 aliphatic rings. The maximum absolute atomic E-state index is 13.2. The standard InChI is InChI=1S/C22H33NO2S/c1-16-6-8-17(9-7-16)26(24,25)23-22-12-5-11-21(4,15-22)13-10-18-19(22)14-20(18,2)3/h6-9,18-19,23H,5,10-15H2,1-4H3/t18-,19+,21+,22-/m1/s1. The summed E-state index contributed by atoms with van der Waals surface area (Å²) >= 11 is 0. The van der Waals surface area contributed by atoms with Gasteiger partial charge in [0.1, 0.15) is 0 Å². The Balaban J connectivity index is 1.71. The van der Waals surface area contributed by atoms with E-state index in [1.54, 1.807) is 12.1 Å². The molecule has 3 fully saturated rings. The third-order valence-electron chi connectivity index (χ3n) is 7.82. The van der Waals surface area contributed by atoms with E-state index in [1.807, 2.05) is 19.1 Å². The van der Waals surface area contributed by atoms with Crippen molar-refractivity contribution < 1.29 is 8.42 Å². The molecule has 3 aliphatic carbocycles. The van der Waals surface area contributed by atoms with Gasteiger partial charge in [-0.3, -0.25) is 0 Å². The van der Waals surface area contributed by atoms with Crippen molar-refractivity contribution >= 4 is 10.0 Å². The van der Waals surface area contributed by atoms with Crippen LogP contribution in [0.2, 0.25) is 0 Å². The summed E-state index contributed by atoms with van der Waals surface area (Å²) in [5, 5.41) is 0. The van der Waals surface area contributed by atoms with Crippen LogP contribution in [0.5, 0.6) is 0 Å². The molecular weight excluding hydrogens is 342 g/mol. The van der Waals surface area contributed by atoms with Crippen LogP contribution in [-0.2, 0) is 10.0 Å². The second kappa shape index (κ2) is 5.81. The Morgan fingerprint density at radius 2 is 1.69 bits per heavy atom. The molecule has 4 rings (SSSR count). The summed E-state index contributed by atoms with van der Waals surface area (Å²) < 4.78 is 29.8. The summed E-state index contributed by atoms with van der Waals surface area (Å²) in [5.74, 6) is 1.13. The summed E-state index contributed by atoms with van der Waals surface area (Å²) in [5.41, 5.74) is 1.46. The van der Waals surface area contributed by atoms with E-state index in [9.17, 15) is 8.42 Å². The number of benzene rings is 1. The maximum Gasteiger partial charge on any atom is 0.241 e. The average molecular weight is 376 g/mol. The van der Waals surface area contributed by atoms with Gasteiger partial charge >= 0.3 is 0 Å². The molecule has 0 unspecified atom stereocenters. The Morgan fingerprint density at radius 1 is 1.00 bits per heavy atom. The second-order valence-electron chi connectivity index (χ2n) is 10.4. The molecule has 1 N–H and O–H groups in total. The fourth-order valence-corrected chi connectivity index (χ4v) is 7.90. The molecule has 2 bridgehead atoms. The molecular formula is C22H33NO2S. The molecule has 0 spiro atoms. The first-order valence-corrected chi connectivity index (χ1v) is 11.6. The highest BCUT2D eigenvalue weighted by Gasteiger charge is 2.61. The molecule has 26 heavy (non-hydrogen) atoms. The van der Waals surface area contributed by atoms with Gasteiger partial charge in [0, 0.05) is 5.54 Å². The third kappa shape index (κ3) is 2.93. The highest BCUT2D eigenvalue weighted by Crippen LogP contribution is 2.64. The van der Waals surface area contributed by atoms with Crippen molar-refractivity contribution in [1.82, 2.24) is 4.72 Å². The van der Waals surface area contributed by atoms with Crippen molar-refractivity contribution in [3.63, 3.8) is 0 Å². The van der Waals surface area contributed by atoms with E-state index in [-0.39, 0.29) is 11.0 Å². The number of aryl methyl sites for hydroxylation is 1. The number of fused-ring (bicyclic) bond motifs is 4. The van der Waals surface area contributed by atoms with Crippen LogP contribution in [0.4, 0.5) is 0 Å². The number of rotatable bonds is 3. The monoisotopic (exact) mass is 375 g/mol. The van der Waals surface area contributed by atoms with Crippen LogP contribution in [0.3, 0.4) is 0 Å². The van der Waals surface area contributed by atoms with Crippen LogP contribution in [0, 0.1) is 29.6 Å². The summed E-state index contributed by atoms with van der Waals surface area (Å²) in [6.07, 6.45) is 8.00. The molecule has 0 aromatic heterocycles. The minimum absolute atomic E-state index is 0.257. The van der Waals surface area contributed by atoms with Gasteiger partial charge < -0.3 is 0 Å². The van der Waals surface area contributed by atoms with Gasteiger partial charge in [-0.25, -0.2) is 13.1 Å². The van der Waals surface area contributed by atoms with Crippen LogP contribution in [0.25, 0.3) is 0 Å². The van der Waals surface area contributed by atoms with E-state index in [0.717, 1.165) is 31.2 Å². The van der Waals surface area contributed by atoms with Crippen LogP contribution in [0.15, 0.2) is 29.2 Å². The minimum atomic E-state index is -3.49. The van der Waals surface area contributed by atoms with Gasteiger partial charge in [-0.15, -0.1) is 0 Å². The molecule has 0 heterocycles. The summed E-state index contributed by atoms with van der Waals surface area (Å²) in [4.78, 5) is 0.407. The van der Waals surface area contributed by atoms with Crippen molar-refractivity contribution in [3.05, 3.63) is 29.8 Å². The van der Waals surface area contributed by atoms with Gasteiger partial charge in [0.2, 0.25) is 10.0 Å². The van der Waals surface area contributed by atoms with Crippen molar-refractivity contribution in [2.45, 2.75) is 83.1 Å². The van der Waals surface area contributed by atoms with E-state index < -0.39 is 10.0 Å². The molecule has 1 aromatic carbocycles. The maximum atomic E-state index is 13.2. The first-order valence-electron chi connectivity index (χ1n) is 10.2. The minimum Gasteiger partial charge on any atom is -0.207 e. The fraction of sp³-hybridized carbons (Fsp3) is 0.727. The SMILES string of the molecule is Cc1ccc(S(=O)(=O)N[C@@]23CCC[C@@](C)(CC[C@@H]4[C@@H]2CC4(C)C)C3)cc1. The zero-order valence-corrected chi connectivity index (χ0v) is 17.5. The first-order chi connectivity index (χ1) is 12.1. The van der Waals surface area contributed by atoms with Crippen LogP contribution >= 0.6 is 0 Å². The average Bonchev–Trinajstić information content (AvgIpc) is 2.58. The van der Waals surface area contributed by atoms with Crippen LogP contribution in [-0.4, -0.2) is 14.0 Å². The lowest BCUT2D eigenvalue weighted by Gasteiger charge is -2.60. The Bertz CT molecular complexity index is 798. The summed E-state index contributed by atoms with van der Waals surface area (Å²) in [6, 6.07) is 7.27. The zero-order chi connectivity index (χ0) is 18.8. The van der Waals surface area contributed by atoms with E-state index in [2.05, 4.69) is 25.5 Å². The van der Waals surface area contributed by atoms with Crippen LogP contribution in [0.1, 0.15) is 71.3 Å². The Morgan fingerprint density at radius 3 is 2.35 bits per heavy atom. The van der Waals surface area contributed by atoms with Gasteiger partial charge in [0.05, 0.1) is 4.90 Å². The number of hydrogen-bond acceptors (Lipinski definition) is 2. The van der Waals surface area contributed by atoms with E-state index in [1.165, 1.54) is 19.3 Å². The molecule has 0 aliphatic heterocycles. The Hall–Kier alpha value is -0.870. The van der Waals surface area contributed by atoms with Gasteiger partial charge in [0.15, 0.2) is 0 Å². The van der Waals surface area contributed by atoms with Gasteiger partial charge in [-0.05, 0) is 80.2 Å². The predicted molar refractivity (Wildman–Crippen MR) is 105 cm³/mol. The molecule has 0 saturated heterocycles. The first kappa shape index (κ1) is 18.5. The highest BCUT2D eigenvalue weighted by molar-refractivity contribution is 7.89. The van der Waals surface area contributed by atoms with Crippen LogP contribution < -0.4 is 4.72 Å². The molecule has 3 nitrogen and oxygen atoms in total. The van der Waals surface area contributed by atoms with Gasteiger partial charge in [-0.1, -0.05) is 44.9 Å². The second-order valence-corrected chi connectivity index (χ2v) is 12.0. The lowest BCUT2D eigenvalue weighted by atomic mass is 9.48. The van der Waals surface area contributed by atoms with Gasteiger partial charge in [-0.2, -0.15) is 0 Å². The number of nitrogens with one attached hydrogen (secondary N) is 1. The fourth-order valence-electron chi connectivity index (χ4n) is 6.43. The molecule has 4 heteroatoms. The topological polar surface area (TPSA) is 46.2 Å². The molecule has 144 valence electrons. The smallest absolute Gasteiger partial charge is 0.207 e. The lowest BCUT2D eigenvalue weighted by molar-refractivity contribution is -0.0693. The van der Waals surface area contributed by atoms with Gasteiger partial charge in [0.25, 0.3) is 0 Å². The highest BCUT2D eigenvalue weighted by atomic mass is 32.2. The van der Waals surface area contributed by atoms with Crippen molar-refractivity contribution in [2.75, 3.05) is 0 Å². The molecule has 0 radical (unpaired) electrons. The van der Waals surface area contributed by atoms with Crippen molar-refractivity contribution in [2.24, 2.45) is 22.7 Å². The molecule has 1 aromatic rings. The predicted octanol–water partition coefficient (Wildman–Crippen LogP) is 5.05. The van der Waals surface area contributed by atoms with E-state index in [4.69, 9.17) is 0 Å². The number of hydrogen-bond donors (Lipinski definition) is 1. The molecule has 3 saturated carbocycles. The summed E-state index contributed by atoms with van der Waals surface area (Å²) in [7, 11) is -3.49. The van der Waals surface area contributed by atoms with Crippen molar-refractivity contribution in [3.8, 4) is 0 Å². The number of sulfonamides is 1. The Kier molecular flexibility index (Phi) is 4.13. The third-order valence-corrected chi connectivity index (χ3v) is 9.39. The quantitative estimate of drug-likeness (QED) is 0.803. The zero-order valence-electron chi connectivity index (χ0n) is 16.6. The van der Waals surface area contributed by atoms with Crippen molar-refractivity contribution in [1.29, 1.82) is 0 Å². The lowest BCUT2D eigenvalue weighted by Crippen LogP contribution is -2.63.